The maximum atomic E-state index is 9.68. The van der Waals surface area contributed by atoms with Gasteiger partial charge in [0, 0.05) is 34.4 Å². The van der Waals surface area contributed by atoms with Crippen molar-refractivity contribution in [2.75, 3.05) is 6.61 Å². The van der Waals surface area contributed by atoms with E-state index in [2.05, 4.69) is 6.92 Å². The molecule has 0 fully saturated rings. The van der Waals surface area contributed by atoms with Crippen LogP contribution in [0.25, 0.3) is 11.1 Å². The number of phenolic OH excluding ortho intramolecular Hbond substituents is 2. The van der Waals surface area contributed by atoms with E-state index in [1.165, 1.54) is 0 Å². The summed E-state index contributed by atoms with van der Waals surface area (Å²) in [4.78, 5) is 0. The predicted molar refractivity (Wildman–Crippen MR) is 83.2 cm³/mol. The Balaban J connectivity index is 1.96. The molecule has 1 unspecified atom stereocenters. The third-order valence-corrected chi connectivity index (χ3v) is 4.20. The van der Waals surface area contributed by atoms with Crippen LogP contribution < -0.4 is 9.47 Å². The number of rotatable bonds is 1. The molecular formula is C18H16O4. The quantitative estimate of drug-likeness (QED) is 0.844. The first-order valence-electron chi connectivity index (χ1n) is 7.36. The normalized spacial score (nSPS) is 18.7. The zero-order chi connectivity index (χ0) is 15.3. The minimum Gasteiger partial charge on any atom is -0.508 e. The van der Waals surface area contributed by atoms with E-state index in [1.807, 2.05) is 12.1 Å². The highest BCUT2D eigenvalue weighted by molar-refractivity contribution is 5.99. The summed E-state index contributed by atoms with van der Waals surface area (Å²) in [6, 6.07) is 10.3. The van der Waals surface area contributed by atoms with Crippen molar-refractivity contribution in [2.45, 2.75) is 19.4 Å². The summed E-state index contributed by atoms with van der Waals surface area (Å²) in [5, 5.41) is 19.3. The molecule has 112 valence electrons. The van der Waals surface area contributed by atoms with E-state index in [0.717, 1.165) is 28.7 Å². The Bertz CT molecular complexity index is 792. The van der Waals surface area contributed by atoms with Crippen LogP contribution in [0.3, 0.4) is 0 Å². The Morgan fingerprint density at radius 1 is 1.00 bits per heavy atom. The van der Waals surface area contributed by atoms with Crippen molar-refractivity contribution in [1.82, 2.24) is 0 Å². The number of hydrogen-bond acceptors (Lipinski definition) is 4. The largest absolute Gasteiger partial charge is 0.508 e. The van der Waals surface area contributed by atoms with Crippen molar-refractivity contribution < 1.29 is 19.7 Å². The summed E-state index contributed by atoms with van der Waals surface area (Å²) in [6.45, 7) is 2.50. The van der Waals surface area contributed by atoms with E-state index in [0.29, 0.717) is 18.1 Å². The number of hydrogen-bond donors (Lipinski definition) is 2. The molecule has 4 heteroatoms. The Kier molecular flexibility index (Phi) is 2.79. The Morgan fingerprint density at radius 2 is 1.68 bits per heavy atom. The average Bonchev–Trinajstić information content (AvgIpc) is 2.52. The van der Waals surface area contributed by atoms with Crippen LogP contribution in [0.15, 0.2) is 36.4 Å². The molecule has 4 rings (SSSR count). The molecule has 2 aromatic carbocycles. The van der Waals surface area contributed by atoms with Gasteiger partial charge in [-0.1, -0.05) is 6.92 Å². The first-order chi connectivity index (χ1) is 10.7. The van der Waals surface area contributed by atoms with Crippen LogP contribution >= 0.6 is 0 Å². The van der Waals surface area contributed by atoms with Crippen molar-refractivity contribution >= 4 is 11.1 Å². The highest BCUT2D eigenvalue weighted by atomic mass is 16.5. The second-order valence-electron chi connectivity index (χ2n) is 5.56. The monoisotopic (exact) mass is 296 g/mol. The maximum Gasteiger partial charge on any atom is 0.131 e. The van der Waals surface area contributed by atoms with Crippen LogP contribution in [0.2, 0.25) is 0 Å². The lowest BCUT2D eigenvalue weighted by atomic mass is 9.85. The zero-order valence-electron chi connectivity index (χ0n) is 12.2. The second-order valence-corrected chi connectivity index (χ2v) is 5.56. The van der Waals surface area contributed by atoms with Crippen LogP contribution in [0.1, 0.15) is 24.5 Å². The highest BCUT2D eigenvalue weighted by Gasteiger charge is 2.33. The molecule has 0 aliphatic carbocycles. The van der Waals surface area contributed by atoms with Gasteiger partial charge in [-0.2, -0.15) is 0 Å². The summed E-state index contributed by atoms with van der Waals surface area (Å²) in [5.41, 5.74) is 4.12. The fourth-order valence-corrected chi connectivity index (χ4v) is 3.19. The van der Waals surface area contributed by atoms with Gasteiger partial charge in [-0.25, -0.2) is 0 Å². The summed E-state index contributed by atoms with van der Waals surface area (Å²) >= 11 is 0. The van der Waals surface area contributed by atoms with Crippen molar-refractivity contribution in [3.05, 3.63) is 47.5 Å². The Hall–Kier alpha value is -2.62. The van der Waals surface area contributed by atoms with Crippen LogP contribution in [0, 0.1) is 0 Å². The SMILES string of the molecule is CCC1Oc2cc(O)ccc2C2=C1c1ccc(O)cc1OC2. The molecule has 2 aliphatic rings. The summed E-state index contributed by atoms with van der Waals surface area (Å²) in [7, 11) is 0. The standard InChI is InChI=1S/C18H16O4/c1-2-15-18-13-6-4-10(19)7-16(13)21-9-14(18)12-5-3-11(20)8-17(12)22-15/h3-8,15,19-20H,2,9H2,1H3. The molecule has 0 spiro atoms. The molecule has 0 aromatic heterocycles. The van der Waals surface area contributed by atoms with Crippen LogP contribution in [0.4, 0.5) is 0 Å². The lowest BCUT2D eigenvalue weighted by Gasteiger charge is -2.34. The number of fused-ring (bicyclic) bond motifs is 4. The minimum absolute atomic E-state index is 0.0866. The van der Waals surface area contributed by atoms with E-state index in [9.17, 15) is 10.2 Å². The molecule has 2 N–H and O–H groups in total. The van der Waals surface area contributed by atoms with Crippen molar-refractivity contribution in [3.8, 4) is 23.0 Å². The molecule has 0 bridgehead atoms. The zero-order valence-corrected chi connectivity index (χ0v) is 12.2. The number of aromatic hydroxyl groups is 2. The van der Waals surface area contributed by atoms with E-state index in [1.54, 1.807) is 24.3 Å². The highest BCUT2D eigenvalue weighted by Crippen LogP contribution is 2.47. The fraction of sp³-hybridized carbons (Fsp3) is 0.222. The van der Waals surface area contributed by atoms with Gasteiger partial charge in [-0.15, -0.1) is 0 Å². The molecule has 2 aliphatic heterocycles. The summed E-state index contributed by atoms with van der Waals surface area (Å²) in [6.07, 6.45) is 0.727. The van der Waals surface area contributed by atoms with E-state index in [4.69, 9.17) is 9.47 Å². The molecule has 1 atom stereocenters. The lowest BCUT2D eigenvalue weighted by Crippen LogP contribution is -2.27. The fourth-order valence-electron chi connectivity index (χ4n) is 3.19. The van der Waals surface area contributed by atoms with Gasteiger partial charge < -0.3 is 19.7 Å². The van der Waals surface area contributed by atoms with Crippen molar-refractivity contribution in [3.63, 3.8) is 0 Å². The van der Waals surface area contributed by atoms with Gasteiger partial charge in [0.25, 0.3) is 0 Å². The van der Waals surface area contributed by atoms with E-state index >= 15 is 0 Å². The predicted octanol–water partition coefficient (Wildman–Crippen LogP) is 3.57. The van der Waals surface area contributed by atoms with Crippen molar-refractivity contribution in [1.29, 1.82) is 0 Å². The van der Waals surface area contributed by atoms with Gasteiger partial charge in [0.1, 0.15) is 35.7 Å². The second kappa shape index (κ2) is 4.70. The van der Waals surface area contributed by atoms with Gasteiger partial charge in [0.2, 0.25) is 0 Å². The van der Waals surface area contributed by atoms with Crippen LogP contribution in [-0.4, -0.2) is 22.9 Å². The molecule has 4 nitrogen and oxygen atoms in total. The van der Waals surface area contributed by atoms with Gasteiger partial charge in [-0.05, 0) is 30.7 Å². The smallest absolute Gasteiger partial charge is 0.131 e. The number of phenols is 2. The van der Waals surface area contributed by atoms with Crippen LogP contribution in [0.5, 0.6) is 23.0 Å². The van der Waals surface area contributed by atoms with Crippen LogP contribution in [-0.2, 0) is 0 Å². The van der Waals surface area contributed by atoms with Gasteiger partial charge >= 0.3 is 0 Å². The number of ether oxygens (including phenoxy) is 2. The molecule has 2 aromatic rings. The first kappa shape index (κ1) is 13.1. The van der Waals surface area contributed by atoms with Crippen molar-refractivity contribution in [2.24, 2.45) is 0 Å². The van der Waals surface area contributed by atoms with Gasteiger partial charge in [0.15, 0.2) is 0 Å². The first-order valence-corrected chi connectivity index (χ1v) is 7.36. The molecule has 0 amide bonds. The summed E-state index contributed by atoms with van der Waals surface area (Å²) in [5.74, 6) is 1.76. The Morgan fingerprint density at radius 3 is 2.41 bits per heavy atom. The maximum absolute atomic E-state index is 9.68. The van der Waals surface area contributed by atoms with E-state index < -0.39 is 0 Å². The lowest BCUT2D eigenvalue weighted by molar-refractivity contribution is 0.243. The third kappa shape index (κ3) is 1.84. The van der Waals surface area contributed by atoms with E-state index in [-0.39, 0.29) is 17.6 Å². The average molecular weight is 296 g/mol. The van der Waals surface area contributed by atoms with Gasteiger partial charge in [0.05, 0.1) is 0 Å². The third-order valence-electron chi connectivity index (χ3n) is 4.20. The van der Waals surface area contributed by atoms with Gasteiger partial charge in [-0.3, -0.25) is 0 Å². The molecule has 0 saturated carbocycles. The minimum atomic E-state index is -0.0866. The molecule has 0 radical (unpaired) electrons. The molecule has 0 saturated heterocycles. The molecule has 22 heavy (non-hydrogen) atoms. The molecular weight excluding hydrogens is 280 g/mol. The summed E-state index contributed by atoms with van der Waals surface area (Å²) < 4.78 is 11.9. The Labute approximate surface area is 128 Å². The molecule has 2 heterocycles. The topological polar surface area (TPSA) is 58.9 Å². The number of benzene rings is 2.